The summed E-state index contributed by atoms with van der Waals surface area (Å²) in [6, 6.07) is 16.2. The smallest absolute Gasteiger partial charge is 0.337 e. The number of ether oxygens (including phenoxy) is 2. The second-order valence-corrected chi connectivity index (χ2v) is 9.33. The molecule has 0 unspecified atom stereocenters. The SMILES string of the molecule is COc1cccc(-n2c(=O)c3c4c(sc3n(CC(=O)OCc3ccccc3)c2=O)CCCC4)c1. The van der Waals surface area contributed by atoms with Crippen LogP contribution in [0.4, 0.5) is 0 Å². The van der Waals surface area contributed by atoms with Crippen LogP contribution in [0.5, 0.6) is 5.75 Å². The van der Waals surface area contributed by atoms with Crippen LogP contribution in [0.25, 0.3) is 15.9 Å². The van der Waals surface area contributed by atoms with Gasteiger partial charge in [-0.05, 0) is 48.9 Å². The molecule has 0 atom stereocenters. The first kappa shape index (κ1) is 22.2. The van der Waals surface area contributed by atoms with Gasteiger partial charge in [0, 0.05) is 10.9 Å². The molecule has 174 valence electrons. The van der Waals surface area contributed by atoms with E-state index in [0.29, 0.717) is 21.7 Å². The average molecular weight is 477 g/mol. The molecular weight excluding hydrogens is 452 g/mol. The van der Waals surface area contributed by atoms with Gasteiger partial charge in [0.15, 0.2) is 0 Å². The Labute approximate surface area is 199 Å². The fourth-order valence-electron chi connectivity index (χ4n) is 4.40. The molecule has 2 heterocycles. The van der Waals surface area contributed by atoms with Gasteiger partial charge in [0.05, 0.1) is 18.2 Å². The van der Waals surface area contributed by atoms with Gasteiger partial charge in [-0.15, -0.1) is 11.3 Å². The van der Waals surface area contributed by atoms with Crippen molar-refractivity contribution in [3.8, 4) is 11.4 Å². The van der Waals surface area contributed by atoms with Gasteiger partial charge in [-0.2, -0.15) is 0 Å². The van der Waals surface area contributed by atoms with Crippen LogP contribution in [0.3, 0.4) is 0 Å². The summed E-state index contributed by atoms with van der Waals surface area (Å²) in [5.41, 5.74) is 1.33. The van der Waals surface area contributed by atoms with Crippen molar-refractivity contribution in [3.05, 3.63) is 91.4 Å². The summed E-state index contributed by atoms with van der Waals surface area (Å²) < 4.78 is 13.3. The Morgan fingerprint density at radius 3 is 2.62 bits per heavy atom. The lowest BCUT2D eigenvalue weighted by molar-refractivity contribution is -0.145. The average Bonchev–Trinajstić information content (AvgIpc) is 3.26. The van der Waals surface area contributed by atoms with Crippen molar-refractivity contribution in [3.63, 3.8) is 0 Å². The van der Waals surface area contributed by atoms with Crippen molar-refractivity contribution < 1.29 is 14.3 Å². The van der Waals surface area contributed by atoms with Crippen LogP contribution >= 0.6 is 11.3 Å². The number of hydrogen-bond donors (Lipinski definition) is 0. The van der Waals surface area contributed by atoms with E-state index >= 15 is 0 Å². The number of carbonyl (C=O) groups is 1. The summed E-state index contributed by atoms with van der Waals surface area (Å²) >= 11 is 1.44. The molecule has 0 spiro atoms. The second-order valence-electron chi connectivity index (χ2n) is 8.25. The van der Waals surface area contributed by atoms with Gasteiger partial charge in [0.25, 0.3) is 5.56 Å². The van der Waals surface area contributed by atoms with Crippen LogP contribution in [0, 0.1) is 0 Å². The van der Waals surface area contributed by atoms with Crippen molar-refractivity contribution in [2.75, 3.05) is 7.11 Å². The molecule has 0 amide bonds. The van der Waals surface area contributed by atoms with Crippen LogP contribution in [0.1, 0.15) is 28.8 Å². The van der Waals surface area contributed by atoms with Gasteiger partial charge in [0.1, 0.15) is 23.7 Å². The Bertz CT molecular complexity index is 1480. The Balaban J connectivity index is 1.62. The van der Waals surface area contributed by atoms with Gasteiger partial charge < -0.3 is 9.47 Å². The molecule has 0 bridgehead atoms. The highest BCUT2D eigenvalue weighted by atomic mass is 32.1. The minimum atomic E-state index is -0.569. The maximum absolute atomic E-state index is 13.6. The van der Waals surface area contributed by atoms with E-state index in [2.05, 4.69) is 0 Å². The number of rotatable bonds is 6. The number of nitrogens with zero attached hydrogens (tertiary/aromatic N) is 2. The van der Waals surface area contributed by atoms with E-state index < -0.39 is 11.7 Å². The van der Waals surface area contributed by atoms with E-state index in [4.69, 9.17) is 9.47 Å². The molecule has 1 aliphatic carbocycles. The monoisotopic (exact) mass is 476 g/mol. The van der Waals surface area contributed by atoms with E-state index in [-0.39, 0.29) is 18.7 Å². The lowest BCUT2D eigenvalue weighted by Gasteiger charge is -2.14. The van der Waals surface area contributed by atoms with Gasteiger partial charge >= 0.3 is 11.7 Å². The highest BCUT2D eigenvalue weighted by molar-refractivity contribution is 7.18. The number of hydrogen-bond acceptors (Lipinski definition) is 6. The van der Waals surface area contributed by atoms with Crippen LogP contribution in [0.2, 0.25) is 0 Å². The predicted molar refractivity (Wildman–Crippen MR) is 131 cm³/mol. The van der Waals surface area contributed by atoms with E-state index in [0.717, 1.165) is 46.3 Å². The first-order valence-electron chi connectivity index (χ1n) is 11.2. The van der Waals surface area contributed by atoms with Gasteiger partial charge in [-0.3, -0.25) is 14.2 Å². The fourth-order valence-corrected chi connectivity index (χ4v) is 5.77. The zero-order valence-electron chi connectivity index (χ0n) is 18.8. The van der Waals surface area contributed by atoms with Crippen LogP contribution in [0.15, 0.2) is 64.2 Å². The summed E-state index contributed by atoms with van der Waals surface area (Å²) in [4.78, 5) is 41.7. The Kier molecular flexibility index (Phi) is 6.06. The molecular formula is C26H24N2O5S. The summed E-state index contributed by atoms with van der Waals surface area (Å²) in [5, 5.41) is 0.526. The molecule has 2 aromatic carbocycles. The number of aromatic nitrogens is 2. The number of esters is 1. The molecule has 0 saturated heterocycles. The third kappa shape index (κ3) is 4.05. The first-order valence-corrected chi connectivity index (χ1v) is 12.0. The first-order chi connectivity index (χ1) is 16.6. The van der Waals surface area contributed by atoms with Crippen LogP contribution < -0.4 is 16.0 Å². The van der Waals surface area contributed by atoms with Crippen molar-refractivity contribution in [2.45, 2.75) is 38.8 Å². The minimum absolute atomic E-state index is 0.119. The van der Waals surface area contributed by atoms with E-state index in [9.17, 15) is 14.4 Å². The van der Waals surface area contributed by atoms with Crippen molar-refractivity contribution in [2.24, 2.45) is 0 Å². The molecule has 0 radical (unpaired) electrons. The lowest BCUT2D eigenvalue weighted by Crippen LogP contribution is -2.40. The Hall–Kier alpha value is -3.65. The highest BCUT2D eigenvalue weighted by Gasteiger charge is 2.25. The summed E-state index contributed by atoms with van der Waals surface area (Å²) in [6.45, 7) is -0.153. The number of fused-ring (bicyclic) bond motifs is 3. The van der Waals surface area contributed by atoms with Crippen molar-refractivity contribution in [1.29, 1.82) is 0 Å². The zero-order chi connectivity index (χ0) is 23.7. The van der Waals surface area contributed by atoms with Crippen LogP contribution in [-0.4, -0.2) is 22.2 Å². The number of carbonyl (C=O) groups excluding carboxylic acids is 1. The molecule has 0 aliphatic heterocycles. The van der Waals surface area contributed by atoms with E-state index in [1.165, 1.54) is 23.0 Å². The number of methoxy groups -OCH3 is 1. The van der Waals surface area contributed by atoms with Gasteiger partial charge in [-0.1, -0.05) is 36.4 Å². The van der Waals surface area contributed by atoms with E-state index in [1.807, 2.05) is 30.3 Å². The summed E-state index contributed by atoms with van der Waals surface area (Å²) in [6.07, 6.45) is 3.71. The Morgan fingerprint density at radius 1 is 1.03 bits per heavy atom. The highest BCUT2D eigenvalue weighted by Crippen LogP contribution is 2.34. The lowest BCUT2D eigenvalue weighted by atomic mass is 9.97. The molecule has 2 aromatic heterocycles. The molecule has 0 fully saturated rings. The number of aryl methyl sites for hydroxylation is 2. The largest absolute Gasteiger partial charge is 0.497 e. The quantitative estimate of drug-likeness (QED) is 0.395. The van der Waals surface area contributed by atoms with E-state index in [1.54, 1.807) is 24.3 Å². The van der Waals surface area contributed by atoms with Crippen molar-refractivity contribution in [1.82, 2.24) is 9.13 Å². The molecule has 4 aromatic rings. The number of thiophene rings is 1. The second kappa shape index (κ2) is 9.30. The maximum atomic E-state index is 13.6. The third-order valence-corrected chi connectivity index (χ3v) is 7.39. The van der Waals surface area contributed by atoms with Gasteiger partial charge in [-0.25, -0.2) is 9.36 Å². The van der Waals surface area contributed by atoms with Gasteiger partial charge in [0.2, 0.25) is 0 Å². The minimum Gasteiger partial charge on any atom is -0.497 e. The predicted octanol–water partition coefficient (Wildman–Crippen LogP) is 3.84. The normalized spacial score (nSPS) is 13.0. The fraction of sp³-hybridized carbons (Fsp3) is 0.269. The topological polar surface area (TPSA) is 79.5 Å². The molecule has 0 saturated carbocycles. The zero-order valence-corrected chi connectivity index (χ0v) is 19.6. The third-order valence-electron chi connectivity index (χ3n) is 6.08. The Morgan fingerprint density at radius 2 is 1.82 bits per heavy atom. The standard InChI is InChI=1S/C26H24N2O5S/c1-32-19-11-7-10-18(14-19)28-24(30)23-20-12-5-6-13-21(20)34-25(23)27(26(28)31)15-22(29)33-16-17-8-3-2-4-9-17/h2-4,7-11,14H,5-6,12-13,15-16H2,1H3. The summed E-state index contributed by atoms with van der Waals surface area (Å²) in [7, 11) is 1.53. The molecule has 34 heavy (non-hydrogen) atoms. The maximum Gasteiger partial charge on any atom is 0.337 e. The molecule has 8 heteroatoms. The molecule has 1 aliphatic rings. The van der Waals surface area contributed by atoms with Crippen molar-refractivity contribution >= 4 is 27.5 Å². The molecule has 0 N–H and O–H groups in total. The van der Waals surface area contributed by atoms with Crippen LogP contribution in [-0.2, 0) is 35.5 Å². The summed E-state index contributed by atoms with van der Waals surface area (Å²) in [5.74, 6) is -0.000434. The number of benzene rings is 2. The molecule has 7 nitrogen and oxygen atoms in total. The molecule has 5 rings (SSSR count).